The largest absolute Gasteiger partial charge is 0.396 e. The lowest BCUT2D eigenvalue weighted by Crippen LogP contribution is -2.02. The fourth-order valence-corrected chi connectivity index (χ4v) is 2.19. The molecule has 0 aliphatic rings. The van der Waals surface area contributed by atoms with Crippen molar-refractivity contribution in [1.82, 2.24) is 20.2 Å². The second kappa shape index (κ2) is 5.14. The van der Waals surface area contributed by atoms with E-state index in [4.69, 9.17) is 17.3 Å². The van der Waals surface area contributed by atoms with Crippen molar-refractivity contribution in [2.75, 3.05) is 5.73 Å². The molecule has 3 rings (SSSR count). The average Bonchev–Trinajstić information content (AvgIpc) is 2.93. The number of aromatic nitrogens is 4. The van der Waals surface area contributed by atoms with Crippen LogP contribution in [0.5, 0.6) is 0 Å². The number of halogens is 2. The van der Waals surface area contributed by atoms with Gasteiger partial charge in [0.25, 0.3) is 0 Å². The van der Waals surface area contributed by atoms with E-state index in [1.165, 1.54) is 16.8 Å². The molecule has 2 N–H and O–H groups in total. The molecule has 21 heavy (non-hydrogen) atoms. The molecule has 0 amide bonds. The van der Waals surface area contributed by atoms with Crippen molar-refractivity contribution in [3.63, 3.8) is 0 Å². The van der Waals surface area contributed by atoms with Crippen LogP contribution in [-0.4, -0.2) is 20.2 Å². The van der Waals surface area contributed by atoms with Gasteiger partial charge in [0.15, 0.2) is 5.82 Å². The summed E-state index contributed by atoms with van der Waals surface area (Å²) in [4.78, 5) is 0. The summed E-state index contributed by atoms with van der Waals surface area (Å²) in [6.07, 6.45) is 0. The van der Waals surface area contributed by atoms with Crippen molar-refractivity contribution in [1.29, 1.82) is 0 Å². The number of tetrazole rings is 1. The Balaban J connectivity index is 2.17. The van der Waals surface area contributed by atoms with Crippen molar-refractivity contribution >= 4 is 17.3 Å². The number of aryl methyl sites for hydroxylation is 1. The van der Waals surface area contributed by atoms with E-state index in [0.717, 1.165) is 5.56 Å². The lowest BCUT2D eigenvalue weighted by molar-refractivity contribution is 0.632. The van der Waals surface area contributed by atoms with E-state index in [2.05, 4.69) is 15.5 Å². The van der Waals surface area contributed by atoms with Gasteiger partial charge in [-0.05, 0) is 53.2 Å². The Hall–Kier alpha value is -2.47. The van der Waals surface area contributed by atoms with Crippen LogP contribution in [0.25, 0.3) is 17.1 Å². The van der Waals surface area contributed by atoms with Crippen molar-refractivity contribution in [3.05, 3.63) is 52.8 Å². The van der Waals surface area contributed by atoms with Gasteiger partial charge in [-0.2, -0.15) is 4.68 Å². The summed E-state index contributed by atoms with van der Waals surface area (Å²) >= 11 is 6.20. The summed E-state index contributed by atoms with van der Waals surface area (Å²) in [5, 5.41) is 12.1. The minimum atomic E-state index is -0.480. The maximum Gasteiger partial charge on any atom is 0.187 e. The second-order valence-electron chi connectivity index (χ2n) is 4.61. The first-order valence-corrected chi connectivity index (χ1v) is 6.54. The molecule has 3 aromatic rings. The third kappa shape index (κ3) is 2.45. The van der Waals surface area contributed by atoms with Crippen molar-refractivity contribution in [2.24, 2.45) is 0 Å². The predicted molar refractivity (Wildman–Crippen MR) is 78.7 cm³/mol. The van der Waals surface area contributed by atoms with Gasteiger partial charge in [-0.15, -0.1) is 5.10 Å². The number of rotatable bonds is 2. The molecular formula is C14H11ClFN5. The molecule has 0 saturated carbocycles. The SMILES string of the molecule is Cc1ccc(Cl)c(-n2nnnc2-c2ccc(F)c(N)c2)c1. The summed E-state index contributed by atoms with van der Waals surface area (Å²) in [6.45, 7) is 1.94. The monoisotopic (exact) mass is 303 g/mol. The number of benzene rings is 2. The van der Waals surface area contributed by atoms with Crippen LogP contribution in [-0.2, 0) is 0 Å². The molecule has 1 heterocycles. The molecule has 0 aliphatic heterocycles. The smallest absolute Gasteiger partial charge is 0.187 e. The molecule has 0 bridgehead atoms. The van der Waals surface area contributed by atoms with E-state index in [1.54, 1.807) is 12.1 Å². The minimum Gasteiger partial charge on any atom is -0.396 e. The molecule has 0 unspecified atom stereocenters. The van der Waals surface area contributed by atoms with Crippen LogP contribution in [0.4, 0.5) is 10.1 Å². The molecule has 2 aromatic carbocycles. The number of anilines is 1. The molecule has 106 valence electrons. The molecule has 0 fully saturated rings. The fourth-order valence-electron chi connectivity index (χ4n) is 2.00. The van der Waals surface area contributed by atoms with Crippen LogP contribution < -0.4 is 5.73 Å². The van der Waals surface area contributed by atoms with Crippen LogP contribution >= 0.6 is 11.6 Å². The summed E-state index contributed by atoms with van der Waals surface area (Å²) in [6, 6.07) is 9.87. The first-order valence-electron chi connectivity index (χ1n) is 6.16. The maximum absolute atomic E-state index is 13.3. The Morgan fingerprint density at radius 2 is 2.00 bits per heavy atom. The minimum absolute atomic E-state index is 0.0392. The topological polar surface area (TPSA) is 69.6 Å². The number of nitrogens with zero attached hydrogens (tertiary/aromatic N) is 4. The van der Waals surface area contributed by atoms with Gasteiger partial charge < -0.3 is 5.73 Å². The Bertz CT molecular complexity index is 815. The zero-order chi connectivity index (χ0) is 15.0. The zero-order valence-electron chi connectivity index (χ0n) is 11.1. The Morgan fingerprint density at radius 1 is 1.19 bits per heavy atom. The van der Waals surface area contributed by atoms with Gasteiger partial charge in [0.1, 0.15) is 5.82 Å². The molecule has 0 atom stereocenters. The van der Waals surface area contributed by atoms with Gasteiger partial charge in [0.05, 0.1) is 16.4 Å². The predicted octanol–water partition coefficient (Wildman–Crippen LogP) is 3.01. The number of hydrogen-bond donors (Lipinski definition) is 1. The Kier molecular flexibility index (Phi) is 3.31. The first kappa shape index (κ1) is 13.5. The zero-order valence-corrected chi connectivity index (χ0v) is 11.8. The third-order valence-electron chi connectivity index (χ3n) is 3.05. The summed E-state index contributed by atoms with van der Waals surface area (Å²) < 4.78 is 14.8. The van der Waals surface area contributed by atoms with Gasteiger partial charge in [-0.1, -0.05) is 17.7 Å². The van der Waals surface area contributed by atoms with Crippen LogP contribution in [0.3, 0.4) is 0 Å². The summed E-state index contributed by atoms with van der Waals surface area (Å²) in [5.74, 6) is -0.0411. The Morgan fingerprint density at radius 3 is 2.76 bits per heavy atom. The number of nitrogens with two attached hydrogens (primary N) is 1. The van der Waals surface area contributed by atoms with Crippen LogP contribution in [0.15, 0.2) is 36.4 Å². The first-order chi connectivity index (χ1) is 10.1. The molecular weight excluding hydrogens is 293 g/mol. The standard InChI is InChI=1S/C14H11ClFN5/c1-8-2-4-10(15)13(6-8)21-14(18-19-20-21)9-3-5-11(16)12(17)7-9/h2-7H,17H2,1H3. The van der Waals surface area contributed by atoms with E-state index in [1.807, 2.05) is 19.1 Å². The van der Waals surface area contributed by atoms with E-state index in [-0.39, 0.29) is 5.69 Å². The lowest BCUT2D eigenvalue weighted by atomic mass is 10.1. The van der Waals surface area contributed by atoms with E-state index in [9.17, 15) is 4.39 Å². The Labute approximate surface area is 125 Å². The normalized spacial score (nSPS) is 10.8. The molecule has 0 saturated heterocycles. The number of hydrogen-bond acceptors (Lipinski definition) is 4. The van der Waals surface area contributed by atoms with Gasteiger partial charge in [0.2, 0.25) is 0 Å². The molecule has 0 aliphatic carbocycles. The van der Waals surface area contributed by atoms with Gasteiger partial charge in [-0.3, -0.25) is 0 Å². The van der Waals surface area contributed by atoms with Crippen LogP contribution in [0, 0.1) is 12.7 Å². The second-order valence-corrected chi connectivity index (χ2v) is 5.01. The molecule has 7 heteroatoms. The van der Waals surface area contributed by atoms with Crippen molar-refractivity contribution < 1.29 is 4.39 Å². The molecule has 0 radical (unpaired) electrons. The quantitative estimate of drug-likeness (QED) is 0.739. The number of nitrogen functional groups attached to an aromatic ring is 1. The van der Waals surface area contributed by atoms with Gasteiger partial charge in [-0.25, -0.2) is 4.39 Å². The van der Waals surface area contributed by atoms with E-state index >= 15 is 0 Å². The average molecular weight is 304 g/mol. The third-order valence-corrected chi connectivity index (χ3v) is 3.37. The highest BCUT2D eigenvalue weighted by atomic mass is 35.5. The van der Waals surface area contributed by atoms with Gasteiger partial charge in [0, 0.05) is 5.56 Å². The summed E-state index contributed by atoms with van der Waals surface area (Å²) in [5.41, 5.74) is 7.91. The highest BCUT2D eigenvalue weighted by molar-refractivity contribution is 6.32. The van der Waals surface area contributed by atoms with E-state index < -0.39 is 5.82 Å². The highest BCUT2D eigenvalue weighted by Gasteiger charge is 2.14. The van der Waals surface area contributed by atoms with Crippen LogP contribution in [0.1, 0.15) is 5.56 Å². The molecule has 5 nitrogen and oxygen atoms in total. The highest BCUT2D eigenvalue weighted by Crippen LogP contribution is 2.27. The van der Waals surface area contributed by atoms with E-state index in [0.29, 0.717) is 22.1 Å². The van der Waals surface area contributed by atoms with Gasteiger partial charge >= 0.3 is 0 Å². The molecule has 1 aromatic heterocycles. The maximum atomic E-state index is 13.3. The summed E-state index contributed by atoms with van der Waals surface area (Å²) in [7, 11) is 0. The van der Waals surface area contributed by atoms with Crippen LogP contribution in [0.2, 0.25) is 5.02 Å². The lowest BCUT2D eigenvalue weighted by Gasteiger charge is -2.08. The van der Waals surface area contributed by atoms with Crippen molar-refractivity contribution in [3.8, 4) is 17.1 Å². The van der Waals surface area contributed by atoms with Crippen molar-refractivity contribution in [2.45, 2.75) is 6.92 Å². The molecule has 0 spiro atoms. The fraction of sp³-hybridized carbons (Fsp3) is 0.0714.